The topological polar surface area (TPSA) is 128 Å². The smallest absolute Gasteiger partial charge is 0.322 e. The van der Waals surface area contributed by atoms with E-state index in [0.717, 1.165) is 16.3 Å². The van der Waals surface area contributed by atoms with Gasteiger partial charge in [0, 0.05) is 12.1 Å². The van der Waals surface area contributed by atoms with Gasteiger partial charge in [-0.3, -0.25) is 14.1 Å². The van der Waals surface area contributed by atoms with Crippen LogP contribution < -0.4 is 4.74 Å². The van der Waals surface area contributed by atoms with E-state index in [-0.39, 0.29) is 19.3 Å². The number of esters is 1. The van der Waals surface area contributed by atoms with E-state index in [1.54, 1.807) is 61.5 Å². The van der Waals surface area contributed by atoms with Gasteiger partial charge in [-0.1, -0.05) is 57.0 Å². The monoisotopic (exact) mass is 488 g/mol. The fraction of sp³-hybridized carbons (Fsp3) is 0.400. The van der Waals surface area contributed by atoms with Crippen molar-refractivity contribution in [1.29, 1.82) is 5.41 Å². The third-order valence-corrected chi connectivity index (χ3v) is 6.25. The molecule has 2 aromatic carbocycles. The SMILES string of the molecule is CCCC(=N)c1ccc(OC(=O)CCC(c2ccccc2)N(C(CCC)C(=O)O)S(=O)O)cc1. The van der Waals surface area contributed by atoms with Crippen LogP contribution in [0.25, 0.3) is 0 Å². The molecule has 0 fully saturated rings. The van der Waals surface area contributed by atoms with Crippen molar-refractivity contribution in [3.63, 3.8) is 0 Å². The molecule has 3 atom stereocenters. The van der Waals surface area contributed by atoms with Crippen LogP contribution in [0.1, 0.15) is 69.5 Å². The highest BCUT2D eigenvalue weighted by Crippen LogP contribution is 2.31. The van der Waals surface area contributed by atoms with Gasteiger partial charge in [-0.2, -0.15) is 4.31 Å². The van der Waals surface area contributed by atoms with Gasteiger partial charge in [0.2, 0.25) is 11.3 Å². The van der Waals surface area contributed by atoms with Crippen LogP contribution in [0.5, 0.6) is 5.75 Å². The molecule has 0 radical (unpaired) electrons. The molecular formula is C25H32N2O6S. The predicted molar refractivity (Wildman–Crippen MR) is 131 cm³/mol. The number of nitrogens with zero attached hydrogens (tertiary/aromatic N) is 1. The van der Waals surface area contributed by atoms with Crippen LogP contribution in [0.2, 0.25) is 0 Å². The first kappa shape index (κ1) is 27.4. The second-order valence-corrected chi connectivity index (χ2v) is 8.81. The molecule has 0 aromatic heterocycles. The van der Waals surface area contributed by atoms with E-state index >= 15 is 0 Å². The normalized spacial score (nSPS) is 13.8. The molecule has 0 heterocycles. The quantitative estimate of drug-likeness (QED) is 0.149. The average Bonchev–Trinajstić information content (AvgIpc) is 2.81. The van der Waals surface area contributed by atoms with Gasteiger partial charge in [0.25, 0.3) is 0 Å². The van der Waals surface area contributed by atoms with E-state index in [1.807, 2.05) is 6.92 Å². The van der Waals surface area contributed by atoms with E-state index in [1.165, 1.54) is 0 Å². The van der Waals surface area contributed by atoms with Crippen molar-refractivity contribution in [3.05, 3.63) is 65.7 Å². The molecule has 184 valence electrons. The van der Waals surface area contributed by atoms with E-state index in [0.29, 0.717) is 29.9 Å². The summed E-state index contributed by atoms with van der Waals surface area (Å²) < 4.78 is 28.7. The van der Waals surface area contributed by atoms with Gasteiger partial charge in [0.05, 0.1) is 6.04 Å². The van der Waals surface area contributed by atoms with Crippen molar-refractivity contribution in [2.45, 2.75) is 64.5 Å². The number of carbonyl (C=O) groups is 2. The minimum atomic E-state index is -2.57. The lowest BCUT2D eigenvalue weighted by molar-refractivity contribution is -0.142. The van der Waals surface area contributed by atoms with Crippen LogP contribution >= 0.6 is 0 Å². The average molecular weight is 489 g/mol. The summed E-state index contributed by atoms with van der Waals surface area (Å²) in [4.78, 5) is 24.4. The summed E-state index contributed by atoms with van der Waals surface area (Å²) in [6.07, 6.45) is 2.25. The van der Waals surface area contributed by atoms with Gasteiger partial charge in [-0.15, -0.1) is 0 Å². The Labute approximate surface area is 202 Å². The van der Waals surface area contributed by atoms with E-state index in [2.05, 4.69) is 0 Å². The van der Waals surface area contributed by atoms with Crippen molar-refractivity contribution in [2.75, 3.05) is 0 Å². The Morgan fingerprint density at radius 2 is 1.65 bits per heavy atom. The molecule has 0 saturated heterocycles. The summed E-state index contributed by atoms with van der Waals surface area (Å²) in [6, 6.07) is 13.5. The number of hydrogen-bond acceptors (Lipinski definition) is 5. The molecule has 3 unspecified atom stereocenters. The van der Waals surface area contributed by atoms with Gasteiger partial charge < -0.3 is 15.3 Å². The summed E-state index contributed by atoms with van der Waals surface area (Å²) in [6.45, 7) is 3.81. The van der Waals surface area contributed by atoms with Crippen molar-refractivity contribution >= 4 is 28.9 Å². The van der Waals surface area contributed by atoms with E-state index in [9.17, 15) is 23.5 Å². The second-order valence-electron chi connectivity index (χ2n) is 7.93. The first-order valence-corrected chi connectivity index (χ1v) is 12.4. The molecule has 0 saturated carbocycles. The summed E-state index contributed by atoms with van der Waals surface area (Å²) in [5.74, 6) is -1.39. The molecule has 0 spiro atoms. The molecule has 34 heavy (non-hydrogen) atoms. The number of rotatable bonds is 14. The van der Waals surface area contributed by atoms with Crippen LogP contribution in [0.3, 0.4) is 0 Å². The van der Waals surface area contributed by atoms with Crippen LogP contribution in [0.4, 0.5) is 0 Å². The Balaban J connectivity index is 2.17. The Kier molecular flexibility index (Phi) is 11.1. The Hall–Kier alpha value is -2.88. The highest BCUT2D eigenvalue weighted by atomic mass is 32.2. The molecule has 9 heteroatoms. The predicted octanol–water partition coefficient (Wildman–Crippen LogP) is 4.97. The van der Waals surface area contributed by atoms with E-state index < -0.39 is 35.3 Å². The Morgan fingerprint density at radius 1 is 1.00 bits per heavy atom. The third kappa shape index (κ3) is 7.86. The van der Waals surface area contributed by atoms with Crippen molar-refractivity contribution < 1.29 is 28.2 Å². The standard InChI is InChI=1S/C25H32N2O6S/c1-3-8-21(26)18-12-14-20(15-13-18)33-24(28)17-16-22(19-10-6-5-7-11-19)27(34(31)32)23(9-4-2)25(29)30/h5-7,10-15,22-23,26H,3-4,8-9,16-17H2,1-2H3,(H,29,30)(H,31,32). The number of carboxylic acids is 1. The van der Waals surface area contributed by atoms with Crippen LogP contribution in [0.15, 0.2) is 54.6 Å². The second kappa shape index (κ2) is 13.7. The lowest BCUT2D eigenvalue weighted by Gasteiger charge is -2.32. The molecule has 0 amide bonds. The van der Waals surface area contributed by atoms with Crippen LogP contribution in [0, 0.1) is 5.41 Å². The van der Waals surface area contributed by atoms with Crippen molar-refractivity contribution in [3.8, 4) is 5.75 Å². The fourth-order valence-corrected chi connectivity index (χ4v) is 4.60. The highest BCUT2D eigenvalue weighted by molar-refractivity contribution is 7.76. The summed E-state index contributed by atoms with van der Waals surface area (Å²) in [5.41, 5.74) is 1.92. The van der Waals surface area contributed by atoms with Gasteiger partial charge in [-0.05, 0) is 54.7 Å². The largest absolute Gasteiger partial charge is 0.480 e. The minimum absolute atomic E-state index is 0.0842. The molecule has 2 aromatic rings. The first-order chi connectivity index (χ1) is 16.3. The molecule has 8 nitrogen and oxygen atoms in total. The molecule has 3 N–H and O–H groups in total. The molecule has 2 rings (SSSR count). The van der Waals surface area contributed by atoms with Crippen molar-refractivity contribution in [1.82, 2.24) is 4.31 Å². The zero-order chi connectivity index (χ0) is 25.1. The zero-order valence-corrected chi connectivity index (χ0v) is 20.3. The molecular weight excluding hydrogens is 456 g/mol. The van der Waals surface area contributed by atoms with Gasteiger partial charge >= 0.3 is 11.9 Å². The molecule has 0 aliphatic rings. The van der Waals surface area contributed by atoms with Crippen LogP contribution in [-0.2, 0) is 20.9 Å². The van der Waals surface area contributed by atoms with Gasteiger partial charge in [0.15, 0.2) is 0 Å². The first-order valence-electron chi connectivity index (χ1n) is 11.3. The van der Waals surface area contributed by atoms with Gasteiger partial charge in [0.1, 0.15) is 11.8 Å². The summed E-state index contributed by atoms with van der Waals surface area (Å²) >= 11 is -2.57. The number of benzene rings is 2. The maximum absolute atomic E-state index is 12.6. The number of carboxylic acid groups (broad SMARTS) is 1. The number of carbonyl (C=O) groups excluding carboxylic acids is 1. The highest BCUT2D eigenvalue weighted by Gasteiger charge is 2.36. The van der Waals surface area contributed by atoms with E-state index in [4.69, 9.17) is 10.1 Å². The fourth-order valence-electron chi connectivity index (χ4n) is 3.74. The molecule has 0 aliphatic heterocycles. The lowest BCUT2D eigenvalue weighted by Crippen LogP contribution is -2.44. The van der Waals surface area contributed by atoms with Crippen molar-refractivity contribution in [2.24, 2.45) is 0 Å². The molecule has 0 aliphatic carbocycles. The van der Waals surface area contributed by atoms with Crippen LogP contribution in [-0.4, -0.2) is 41.9 Å². The maximum atomic E-state index is 12.6. The lowest BCUT2D eigenvalue weighted by atomic mass is 9.99. The Morgan fingerprint density at radius 3 is 2.18 bits per heavy atom. The number of hydrogen-bond donors (Lipinski definition) is 3. The zero-order valence-electron chi connectivity index (χ0n) is 19.5. The third-order valence-electron chi connectivity index (χ3n) is 5.38. The summed E-state index contributed by atoms with van der Waals surface area (Å²) in [5, 5.41) is 17.7. The molecule has 0 bridgehead atoms. The van der Waals surface area contributed by atoms with Gasteiger partial charge in [-0.25, -0.2) is 4.21 Å². The number of ether oxygens (including phenoxy) is 1. The number of aliphatic carboxylic acids is 1. The Bertz CT molecular complexity index is 981. The summed E-state index contributed by atoms with van der Waals surface area (Å²) in [7, 11) is 0. The number of nitrogens with one attached hydrogen (secondary N) is 1. The minimum Gasteiger partial charge on any atom is -0.480 e. The maximum Gasteiger partial charge on any atom is 0.322 e.